The number of para-hydroxylation sites is 1. The van der Waals surface area contributed by atoms with Gasteiger partial charge in [-0.25, -0.2) is 9.97 Å². The van der Waals surface area contributed by atoms with Gasteiger partial charge in [0.1, 0.15) is 0 Å². The number of hydrogen-bond donors (Lipinski definition) is 0. The van der Waals surface area contributed by atoms with Crippen LogP contribution in [0, 0.1) is 11.3 Å². The van der Waals surface area contributed by atoms with Crippen LogP contribution in [-0.4, -0.2) is 19.1 Å². The molecule has 0 radical (unpaired) electrons. The van der Waals surface area contributed by atoms with E-state index in [2.05, 4.69) is 88.1 Å². The highest BCUT2D eigenvalue weighted by Crippen LogP contribution is 2.44. The minimum atomic E-state index is 0.624. The predicted molar refractivity (Wildman–Crippen MR) is 152 cm³/mol. The Morgan fingerprint density at radius 2 is 1.39 bits per heavy atom. The molecule has 0 unspecified atom stereocenters. The molecular formula is C33H19N5. The van der Waals surface area contributed by atoms with Gasteiger partial charge in [-0.2, -0.15) is 5.26 Å². The van der Waals surface area contributed by atoms with Crippen LogP contribution < -0.4 is 0 Å². The fourth-order valence-corrected chi connectivity index (χ4v) is 5.81. The van der Waals surface area contributed by atoms with Gasteiger partial charge in [-0.05, 0) is 53.9 Å². The summed E-state index contributed by atoms with van der Waals surface area (Å²) in [6, 6.07) is 37.3. The van der Waals surface area contributed by atoms with Crippen LogP contribution in [0.4, 0.5) is 0 Å². The molecule has 0 bridgehead atoms. The van der Waals surface area contributed by atoms with Gasteiger partial charge in [0.25, 0.3) is 0 Å². The molecule has 0 saturated carbocycles. The Kier molecular flexibility index (Phi) is 4.23. The van der Waals surface area contributed by atoms with Gasteiger partial charge in [-0.15, -0.1) is 0 Å². The van der Waals surface area contributed by atoms with Gasteiger partial charge in [0.05, 0.1) is 33.9 Å². The smallest absolute Gasteiger partial charge is 0.235 e. The zero-order chi connectivity index (χ0) is 25.2. The van der Waals surface area contributed by atoms with Crippen LogP contribution in [0.5, 0.6) is 0 Å². The highest BCUT2D eigenvalue weighted by Gasteiger charge is 2.22. The first-order chi connectivity index (χ1) is 18.8. The first-order valence-electron chi connectivity index (χ1n) is 12.5. The van der Waals surface area contributed by atoms with Crippen LogP contribution in [0.1, 0.15) is 5.56 Å². The van der Waals surface area contributed by atoms with Gasteiger partial charge in [0.2, 0.25) is 5.95 Å². The molecule has 0 aliphatic carbocycles. The first-order valence-corrected chi connectivity index (χ1v) is 12.5. The molecule has 0 atom stereocenters. The Morgan fingerprint density at radius 3 is 2.16 bits per heavy atom. The Bertz CT molecular complexity index is 2180. The Balaban J connectivity index is 1.45. The summed E-state index contributed by atoms with van der Waals surface area (Å²) in [5, 5.41) is 15.3. The SMILES string of the molecule is N#Cc1ccc(-c2ccnc(-n3c4cccc5c6ccn(-c7ccccc7)c6c6cccc3c6c54)n2)cc1. The number of hydrogen-bond acceptors (Lipinski definition) is 3. The van der Waals surface area contributed by atoms with Crippen molar-refractivity contribution in [3.63, 3.8) is 0 Å². The van der Waals surface area contributed by atoms with E-state index in [0.717, 1.165) is 28.0 Å². The summed E-state index contributed by atoms with van der Waals surface area (Å²) in [5.74, 6) is 0.624. The largest absolute Gasteiger partial charge is 0.316 e. The highest BCUT2D eigenvalue weighted by molar-refractivity contribution is 6.34. The van der Waals surface area contributed by atoms with Crippen molar-refractivity contribution in [2.75, 3.05) is 0 Å². The first kappa shape index (κ1) is 20.7. The molecule has 5 nitrogen and oxygen atoms in total. The minimum Gasteiger partial charge on any atom is -0.316 e. The lowest BCUT2D eigenvalue weighted by molar-refractivity contribution is 0.992. The zero-order valence-electron chi connectivity index (χ0n) is 20.2. The summed E-state index contributed by atoms with van der Waals surface area (Å²) in [6.07, 6.45) is 3.97. The maximum absolute atomic E-state index is 9.17. The van der Waals surface area contributed by atoms with Crippen LogP contribution in [-0.2, 0) is 0 Å². The normalized spacial score (nSPS) is 11.7. The summed E-state index contributed by atoms with van der Waals surface area (Å²) in [5.41, 5.74) is 6.89. The summed E-state index contributed by atoms with van der Waals surface area (Å²) >= 11 is 0. The number of nitrogens with zero attached hydrogens (tertiary/aromatic N) is 5. The quantitative estimate of drug-likeness (QED) is 0.242. The minimum absolute atomic E-state index is 0.624. The second kappa shape index (κ2) is 7.76. The summed E-state index contributed by atoms with van der Waals surface area (Å²) in [6.45, 7) is 0. The van der Waals surface area contributed by atoms with E-state index in [9.17, 15) is 5.26 Å². The molecular weight excluding hydrogens is 466 g/mol. The average molecular weight is 486 g/mol. The lowest BCUT2D eigenvalue weighted by atomic mass is 9.98. The van der Waals surface area contributed by atoms with Gasteiger partial charge in [-0.1, -0.05) is 54.6 Å². The Labute approximate surface area is 217 Å². The van der Waals surface area contributed by atoms with Crippen LogP contribution in [0.15, 0.2) is 116 Å². The van der Waals surface area contributed by atoms with E-state index in [1.54, 1.807) is 6.20 Å². The van der Waals surface area contributed by atoms with E-state index < -0.39 is 0 Å². The molecule has 0 aliphatic heterocycles. The maximum atomic E-state index is 9.17. The molecule has 8 aromatic rings. The fourth-order valence-electron chi connectivity index (χ4n) is 5.81. The lowest BCUT2D eigenvalue weighted by Gasteiger charge is -2.10. The predicted octanol–water partition coefficient (Wildman–Crippen LogP) is 7.65. The summed E-state index contributed by atoms with van der Waals surface area (Å²) < 4.78 is 4.45. The van der Waals surface area contributed by atoms with Crippen LogP contribution in [0.2, 0.25) is 0 Å². The number of aromatic nitrogens is 4. The topological polar surface area (TPSA) is 59.4 Å². The Hall–Kier alpha value is -5.47. The molecule has 0 aliphatic rings. The zero-order valence-corrected chi connectivity index (χ0v) is 20.2. The summed E-state index contributed by atoms with van der Waals surface area (Å²) in [4.78, 5) is 9.70. The third kappa shape index (κ3) is 2.80. The van der Waals surface area contributed by atoms with Gasteiger partial charge in [-0.3, -0.25) is 4.57 Å². The second-order valence-corrected chi connectivity index (χ2v) is 9.45. The average Bonchev–Trinajstić information content (AvgIpc) is 3.58. The molecule has 3 aromatic heterocycles. The van der Waals surface area contributed by atoms with Crippen molar-refractivity contribution in [1.29, 1.82) is 5.26 Å². The van der Waals surface area contributed by atoms with Crippen molar-refractivity contribution in [2.24, 2.45) is 0 Å². The summed E-state index contributed by atoms with van der Waals surface area (Å²) in [7, 11) is 0. The standard InChI is InChI=1S/C33H19N5/c34-20-21-12-14-22(15-13-21)27-16-18-35-33(36-27)38-28-10-4-8-24-25-17-19-37(23-6-2-1-3-7-23)32(25)26-9-5-11-29(38)31(26)30(24)28/h1-19H. The van der Waals surface area contributed by atoms with Crippen molar-refractivity contribution < 1.29 is 0 Å². The third-order valence-corrected chi connectivity index (χ3v) is 7.44. The second-order valence-electron chi connectivity index (χ2n) is 9.45. The van der Waals surface area contributed by atoms with Crippen molar-refractivity contribution in [3.05, 3.63) is 121 Å². The number of fused-ring (bicyclic) bond motifs is 3. The molecule has 5 aromatic carbocycles. The molecule has 0 fully saturated rings. The van der Waals surface area contributed by atoms with E-state index >= 15 is 0 Å². The molecule has 176 valence electrons. The van der Waals surface area contributed by atoms with Crippen molar-refractivity contribution >= 4 is 43.5 Å². The third-order valence-electron chi connectivity index (χ3n) is 7.44. The molecule has 3 heterocycles. The van der Waals surface area contributed by atoms with E-state index in [-0.39, 0.29) is 0 Å². The lowest BCUT2D eigenvalue weighted by Crippen LogP contribution is -2.01. The number of benzene rings is 5. The van der Waals surface area contributed by atoms with E-state index in [4.69, 9.17) is 9.97 Å². The number of rotatable bonds is 3. The molecule has 38 heavy (non-hydrogen) atoms. The molecule has 0 N–H and O–H groups in total. The van der Waals surface area contributed by atoms with Crippen molar-refractivity contribution in [2.45, 2.75) is 0 Å². The van der Waals surface area contributed by atoms with E-state index in [1.165, 1.54) is 32.4 Å². The van der Waals surface area contributed by atoms with Crippen molar-refractivity contribution in [1.82, 2.24) is 19.1 Å². The Morgan fingerprint density at radius 1 is 0.658 bits per heavy atom. The van der Waals surface area contributed by atoms with Crippen LogP contribution >= 0.6 is 0 Å². The van der Waals surface area contributed by atoms with Gasteiger partial charge in [0, 0.05) is 45.2 Å². The molecule has 0 saturated heterocycles. The molecule has 5 heteroatoms. The fraction of sp³-hybridized carbons (Fsp3) is 0. The van der Waals surface area contributed by atoms with Gasteiger partial charge < -0.3 is 4.57 Å². The van der Waals surface area contributed by atoms with Gasteiger partial charge in [0.15, 0.2) is 0 Å². The molecule has 0 amide bonds. The van der Waals surface area contributed by atoms with E-state index in [0.29, 0.717) is 11.5 Å². The molecule has 8 rings (SSSR count). The molecule has 0 spiro atoms. The number of nitriles is 1. The highest BCUT2D eigenvalue weighted by atomic mass is 15.2. The maximum Gasteiger partial charge on any atom is 0.235 e. The van der Waals surface area contributed by atoms with Crippen LogP contribution in [0.25, 0.3) is 66.4 Å². The van der Waals surface area contributed by atoms with Gasteiger partial charge >= 0.3 is 0 Å². The van der Waals surface area contributed by atoms with E-state index in [1.807, 2.05) is 36.4 Å². The van der Waals surface area contributed by atoms with Crippen molar-refractivity contribution in [3.8, 4) is 29.0 Å². The monoisotopic (exact) mass is 485 g/mol. The van der Waals surface area contributed by atoms with Crippen LogP contribution in [0.3, 0.4) is 0 Å².